The molecule has 7 heteroatoms. The summed E-state index contributed by atoms with van der Waals surface area (Å²) in [5, 5.41) is 0. The normalized spacial score (nSPS) is 21.3. The van der Waals surface area contributed by atoms with Crippen LogP contribution < -0.4 is 0 Å². The quantitative estimate of drug-likeness (QED) is 0.809. The van der Waals surface area contributed by atoms with Crippen molar-refractivity contribution in [2.75, 3.05) is 25.6 Å². The molecule has 0 saturated carbocycles. The monoisotopic (exact) mass is 342 g/mol. The first-order valence-electron chi connectivity index (χ1n) is 7.61. The Balaban J connectivity index is 1.98. The maximum Gasteiger partial charge on any atom is 0.239 e. The van der Waals surface area contributed by atoms with Crippen molar-refractivity contribution in [2.45, 2.75) is 32.0 Å². The van der Waals surface area contributed by atoms with Crippen LogP contribution in [0.4, 0.5) is 4.39 Å². The number of amides is 1. The maximum atomic E-state index is 13.2. The molecule has 0 spiro atoms. The SMILES string of the molecule is C[C@H](C(=O)N(C)[C@@H]1CCS(=O)(=O)C1)N(C)Cc1cccc(F)c1. The number of halogens is 1. The molecule has 1 fully saturated rings. The van der Waals surface area contributed by atoms with Crippen molar-refractivity contribution in [2.24, 2.45) is 0 Å². The standard InChI is InChI=1S/C16H23FN2O3S/c1-12(18(2)10-13-5-4-6-14(17)9-13)16(20)19(3)15-7-8-23(21,22)11-15/h4-6,9,12,15H,7-8,10-11H2,1-3H3/t12-,15-/m1/s1. The molecule has 0 N–H and O–H groups in total. The number of carbonyl (C=O) groups is 1. The van der Waals surface area contributed by atoms with Crippen molar-refractivity contribution in [3.05, 3.63) is 35.6 Å². The van der Waals surface area contributed by atoms with Gasteiger partial charge < -0.3 is 4.90 Å². The van der Waals surface area contributed by atoms with Crippen LogP contribution in [0.25, 0.3) is 0 Å². The molecule has 1 aliphatic heterocycles. The summed E-state index contributed by atoms with van der Waals surface area (Å²) in [5.41, 5.74) is 0.790. The third-order valence-corrected chi connectivity index (χ3v) is 6.19. The van der Waals surface area contributed by atoms with E-state index in [1.165, 1.54) is 17.0 Å². The van der Waals surface area contributed by atoms with Crippen LogP contribution >= 0.6 is 0 Å². The minimum absolute atomic E-state index is 0.0373. The number of nitrogens with zero attached hydrogens (tertiary/aromatic N) is 2. The molecule has 2 rings (SSSR count). The van der Waals surface area contributed by atoms with Gasteiger partial charge in [-0.25, -0.2) is 12.8 Å². The van der Waals surface area contributed by atoms with E-state index >= 15 is 0 Å². The van der Waals surface area contributed by atoms with Crippen molar-refractivity contribution in [1.29, 1.82) is 0 Å². The van der Waals surface area contributed by atoms with Gasteiger partial charge in [-0.2, -0.15) is 0 Å². The summed E-state index contributed by atoms with van der Waals surface area (Å²) >= 11 is 0. The van der Waals surface area contributed by atoms with Crippen molar-refractivity contribution in [1.82, 2.24) is 9.80 Å². The number of rotatable bonds is 5. The van der Waals surface area contributed by atoms with Crippen LogP contribution in [0.5, 0.6) is 0 Å². The fourth-order valence-electron chi connectivity index (χ4n) is 2.80. The summed E-state index contributed by atoms with van der Waals surface area (Å²) in [6.45, 7) is 2.23. The molecule has 0 radical (unpaired) electrons. The minimum atomic E-state index is -3.02. The van der Waals surface area contributed by atoms with Gasteiger partial charge in [0.2, 0.25) is 5.91 Å². The third-order valence-electron chi connectivity index (χ3n) is 4.44. The molecule has 1 amide bonds. The zero-order valence-corrected chi connectivity index (χ0v) is 14.5. The van der Waals surface area contributed by atoms with Crippen molar-refractivity contribution >= 4 is 15.7 Å². The molecule has 1 aromatic rings. The lowest BCUT2D eigenvalue weighted by atomic mass is 10.1. The smallest absolute Gasteiger partial charge is 0.239 e. The summed E-state index contributed by atoms with van der Waals surface area (Å²) in [7, 11) is 0.429. The van der Waals surface area contributed by atoms with Crippen LogP contribution in [-0.4, -0.2) is 61.8 Å². The van der Waals surface area contributed by atoms with Crippen molar-refractivity contribution in [3.8, 4) is 0 Å². The average molecular weight is 342 g/mol. The number of hydrogen-bond acceptors (Lipinski definition) is 4. The van der Waals surface area contributed by atoms with Gasteiger partial charge >= 0.3 is 0 Å². The molecular formula is C16H23FN2O3S. The Hall–Kier alpha value is -1.47. The molecule has 23 heavy (non-hydrogen) atoms. The lowest BCUT2D eigenvalue weighted by molar-refractivity contribution is -0.136. The Kier molecular flexibility index (Phi) is 5.41. The van der Waals surface area contributed by atoms with Gasteiger partial charge in [-0.15, -0.1) is 0 Å². The molecule has 5 nitrogen and oxygen atoms in total. The van der Waals surface area contributed by atoms with E-state index in [9.17, 15) is 17.6 Å². The van der Waals surface area contributed by atoms with E-state index < -0.39 is 15.9 Å². The molecule has 1 saturated heterocycles. The Morgan fingerprint density at radius 2 is 2.09 bits per heavy atom. The second kappa shape index (κ2) is 6.97. The highest BCUT2D eigenvalue weighted by atomic mass is 32.2. The van der Waals surface area contributed by atoms with E-state index in [0.717, 1.165) is 5.56 Å². The summed E-state index contributed by atoms with van der Waals surface area (Å²) in [6.07, 6.45) is 0.491. The lowest BCUT2D eigenvalue weighted by Gasteiger charge is -2.31. The van der Waals surface area contributed by atoms with E-state index in [1.54, 1.807) is 27.1 Å². The topological polar surface area (TPSA) is 57.7 Å². The first-order valence-corrected chi connectivity index (χ1v) is 9.43. The molecule has 0 bridgehead atoms. The highest BCUT2D eigenvalue weighted by Gasteiger charge is 2.34. The molecule has 128 valence electrons. The summed E-state index contributed by atoms with van der Waals surface area (Å²) < 4.78 is 36.4. The fourth-order valence-corrected chi connectivity index (χ4v) is 4.58. The number of benzene rings is 1. The summed E-state index contributed by atoms with van der Waals surface area (Å²) in [6, 6.07) is 5.61. The Morgan fingerprint density at radius 1 is 1.39 bits per heavy atom. The molecular weight excluding hydrogens is 319 g/mol. The first kappa shape index (κ1) is 17.9. The fraction of sp³-hybridized carbons (Fsp3) is 0.562. The van der Waals surface area contributed by atoms with E-state index in [2.05, 4.69) is 0 Å². The summed E-state index contributed by atoms with van der Waals surface area (Å²) in [4.78, 5) is 15.9. The molecule has 1 heterocycles. The number of likely N-dealkylation sites (N-methyl/N-ethyl adjacent to an activating group) is 2. The number of sulfone groups is 1. The lowest BCUT2D eigenvalue weighted by Crippen LogP contribution is -2.48. The van der Waals surface area contributed by atoms with Gasteiger partial charge in [-0.3, -0.25) is 9.69 Å². The van der Waals surface area contributed by atoms with Crippen LogP contribution in [0.1, 0.15) is 18.9 Å². The molecule has 1 aromatic carbocycles. The second-order valence-corrected chi connectivity index (χ2v) is 8.46. The van der Waals surface area contributed by atoms with Gasteiger partial charge in [0.15, 0.2) is 9.84 Å². The Morgan fingerprint density at radius 3 is 2.65 bits per heavy atom. The van der Waals surface area contributed by atoms with Crippen molar-refractivity contribution in [3.63, 3.8) is 0 Å². The highest BCUT2D eigenvalue weighted by molar-refractivity contribution is 7.91. The second-order valence-electron chi connectivity index (χ2n) is 6.23. The van der Waals surface area contributed by atoms with Crippen molar-refractivity contribution < 1.29 is 17.6 Å². The van der Waals surface area contributed by atoms with Gasteiger partial charge in [0.05, 0.1) is 17.5 Å². The molecule has 0 unspecified atom stereocenters. The Bertz CT molecular complexity index is 678. The molecule has 0 aliphatic carbocycles. The molecule has 0 aromatic heterocycles. The average Bonchev–Trinajstić information content (AvgIpc) is 2.85. The van der Waals surface area contributed by atoms with Crippen LogP contribution in [-0.2, 0) is 21.2 Å². The third kappa shape index (κ3) is 4.51. The van der Waals surface area contributed by atoms with E-state index in [1.807, 2.05) is 11.0 Å². The maximum absolute atomic E-state index is 13.2. The van der Waals surface area contributed by atoms with Crippen LogP contribution in [0.3, 0.4) is 0 Å². The van der Waals surface area contributed by atoms with Crippen LogP contribution in [0.2, 0.25) is 0 Å². The number of hydrogen-bond donors (Lipinski definition) is 0. The van der Waals surface area contributed by atoms with Gasteiger partial charge in [0, 0.05) is 19.6 Å². The van der Waals surface area contributed by atoms with Gasteiger partial charge in [-0.1, -0.05) is 12.1 Å². The molecule has 2 atom stereocenters. The van der Waals surface area contributed by atoms with Gasteiger partial charge in [-0.05, 0) is 38.1 Å². The largest absolute Gasteiger partial charge is 0.340 e. The van der Waals surface area contributed by atoms with E-state index in [0.29, 0.717) is 13.0 Å². The van der Waals surface area contributed by atoms with E-state index in [4.69, 9.17) is 0 Å². The minimum Gasteiger partial charge on any atom is -0.340 e. The van der Waals surface area contributed by atoms with Crippen LogP contribution in [0, 0.1) is 5.82 Å². The van der Waals surface area contributed by atoms with Gasteiger partial charge in [0.1, 0.15) is 5.82 Å². The predicted molar refractivity (Wildman–Crippen MR) is 87.2 cm³/mol. The number of carbonyl (C=O) groups excluding carboxylic acids is 1. The zero-order chi connectivity index (χ0) is 17.2. The van der Waals surface area contributed by atoms with E-state index in [-0.39, 0.29) is 29.3 Å². The summed E-state index contributed by atoms with van der Waals surface area (Å²) in [5.74, 6) is -0.243. The van der Waals surface area contributed by atoms with Crippen LogP contribution in [0.15, 0.2) is 24.3 Å². The Labute approximate surface area is 137 Å². The highest BCUT2D eigenvalue weighted by Crippen LogP contribution is 2.18. The molecule has 1 aliphatic rings. The predicted octanol–water partition coefficient (Wildman–Crippen LogP) is 1.29. The van der Waals surface area contributed by atoms with Gasteiger partial charge in [0.25, 0.3) is 0 Å². The zero-order valence-electron chi connectivity index (χ0n) is 13.7. The first-order chi connectivity index (χ1) is 10.7.